The molecule has 0 unspecified atom stereocenters. The van der Waals surface area contributed by atoms with E-state index in [0.29, 0.717) is 0 Å². The minimum Gasteiger partial charge on any atom is -0.408 e. The Morgan fingerprint density at radius 2 is 2.18 bits per heavy atom. The van der Waals surface area contributed by atoms with E-state index >= 15 is 0 Å². The lowest BCUT2D eigenvalue weighted by molar-refractivity contribution is 0.469. The average Bonchev–Trinajstić information content (AvgIpc) is 2.30. The van der Waals surface area contributed by atoms with Crippen LogP contribution < -0.4 is 16.5 Å². The molecule has 0 bridgehead atoms. The topological polar surface area (TPSA) is 35.1 Å². The standard InChI is InChI=1S/C8H9NO2/c1-9-6-4-2-3-5-7(6)11-8(9)10/h4-5H,2-3H2,1H3. The first-order valence-electron chi connectivity index (χ1n) is 3.65. The van der Waals surface area contributed by atoms with Crippen LogP contribution in [0.3, 0.4) is 0 Å². The summed E-state index contributed by atoms with van der Waals surface area (Å²) in [5.41, 5.74) is 0.726. The summed E-state index contributed by atoms with van der Waals surface area (Å²) in [7, 11) is 1.72. The summed E-state index contributed by atoms with van der Waals surface area (Å²) in [4.78, 5) is 11.0. The molecule has 0 aromatic carbocycles. The summed E-state index contributed by atoms with van der Waals surface area (Å²) < 4.78 is 6.49. The summed E-state index contributed by atoms with van der Waals surface area (Å²) in [6.07, 6.45) is 5.96. The van der Waals surface area contributed by atoms with E-state index < -0.39 is 0 Å². The zero-order chi connectivity index (χ0) is 7.84. The summed E-state index contributed by atoms with van der Waals surface area (Å²) in [6.45, 7) is 0. The summed E-state index contributed by atoms with van der Waals surface area (Å²) in [5.74, 6) is -0.274. The van der Waals surface area contributed by atoms with Crippen molar-refractivity contribution in [3.8, 4) is 0 Å². The molecule has 0 saturated heterocycles. The van der Waals surface area contributed by atoms with Crippen LogP contribution in [0.5, 0.6) is 0 Å². The van der Waals surface area contributed by atoms with Crippen LogP contribution in [0.25, 0.3) is 12.2 Å². The van der Waals surface area contributed by atoms with Gasteiger partial charge in [-0.25, -0.2) is 4.79 Å². The second-order valence-electron chi connectivity index (χ2n) is 2.66. The van der Waals surface area contributed by atoms with Gasteiger partial charge in [0.15, 0.2) is 5.42 Å². The molecular formula is C8H9NO2. The van der Waals surface area contributed by atoms with Crippen LogP contribution in [0.1, 0.15) is 12.8 Å². The van der Waals surface area contributed by atoms with E-state index in [2.05, 4.69) is 0 Å². The number of rotatable bonds is 0. The van der Waals surface area contributed by atoms with Gasteiger partial charge in [-0.3, -0.25) is 4.57 Å². The van der Waals surface area contributed by atoms with E-state index in [0.717, 1.165) is 23.6 Å². The van der Waals surface area contributed by atoms with Crippen molar-refractivity contribution in [1.29, 1.82) is 0 Å². The Balaban J connectivity index is 3.01. The van der Waals surface area contributed by atoms with Gasteiger partial charge in [-0.2, -0.15) is 0 Å². The van der Waals surface area contributed by atoms with Crippen LogP contribution in [-0.4, -0.2) is 4.57 Å². The minimum atomic E-state index is -0.274. The van der Waals surface area contributed by atoms with Gasteiger partial charge in [0.1, 0.15) is 0 Å². The lowest BCUT2D eigenvalue weighted by Gasteiger charge is -1.92. The molecule has 1 heterocycles. The quantitative estimate of drug-likeness (QED) is 0.493. The van der Waals surface area contributed by atoms with Gasteiger partial charge in [0.25, 0.3) is 0 Å². The molecule has 0 amide bonds. The number of hydrogen-bond acceptors (Lipinski definition) is 2. The van der Waals surface area contributed by atoms with E-state index in [1.54, 1.807) is 7.05 Å². The smallest absolute Gasteiger partial charge is 0.408 e. The highest BCUT2D eigenvalue weighted by atomic mass is 16.4. The molecule has 3 nitrogen and oxygen atoms in total. The van der Waals surface area contributed by atoms with Gasteiger partial charge >= 0.3 is 5.76 Å². The van der Waals surface area contributed by atoms with Crippen molar-refractivity contribution in [2.24, 2.45) is 7.05 Å². The maximum Gasteiger partial charge on any atom is 0.419 e. The molecule has 1 aliphatic rings. The normalized spacial score (nSPS) is 15.0. The lowest BCUT2D eigenvalue weighted by atomic mass is 10.2. The molecule has 0 radical (unpaired) electrons. The Hall–Kier alpha value is -1.25. The zero-order valence-corrected chi connectivity index (χ0v) is 6.33. The number of aromatic nitrogens is 1. The first kappa shape index (κ1) is 6.46. The fraction of sp³-hybridized carbons (Fsp3) is 0.375. The lowest BCUT2D eigenvalue weighted by Crippen LogP contribution is -2.31. The fourth-order valence-electron chi connectivity index (χ4n) is 1.30. The molecule has 1 aliphatic carbocycles. The molecule has 0 fully saturated rings. The number of hydrogen-bond donors (Lipinski definition) is 0. The zero-order valence-electron chi connectivity index (χ0n) is 6.33. The van der Waals surface area contributed by atoms with Crippen LogP contribution in [0.15, 0.2) is 9.21 Å². The molecule has 0 aliphatic heterocycles. The Morgan fingerprint density at radius 1 is 1.45 bits per heavy atom. The van der Waals surface area contributed by atoms with Crippen molar-refractivity contribution in [2.45, 2.75) is 12.8 Å². The molecule has 58 valence electrons. The SMILES string of the molecule is Cn1c(=O)oc2c1=CCCC=2. The number of oxazole rings is 1. The third-order valence-electron chi connectivity index (χ3n) is 1.92. The molecule has 1 aromatic heterocycles. The van der Waals surface area contributed by atoms with E-state index in [-0.39, 0.29) is 5.76 Å². The van der Waals surface area contributed by atoms with Crippen molar-refractivity contribution in [3.05, 3.63) is 21.3 Å². The molecule has 0 N–H and O–H groups in total. The molecule has 11 heavy (non-hydrogen) atoms. The Bertz CT molecular complexity index is 436. The van der Waals surface area contributed by atoms with E-state index in [9.17, 15) is 4.79 Å². The van der Waals surface area contributed by atoms with Gasteiger partial charge in [-0.15, -0.1) is 0 Å². The van der Waals surface area contributed by atoms with Gasteiger partial charge in [-0.1, -0.05) is 6.08 Å². The second-order valence-corrected chi connectivity index (χ2v) is 2.66. The molecular weight excluding hydrogens is 142 g/mol. The molecule has 1 aromatic rings. The first-order chi connectivity index (χ1) is 5.29. The van der Waals surface area contributed by atoms with E-state index in [4.69, 9.17) is 4.42 Å². The largest absolute Gasteiger partial charge is 0.419 e. The predicted molar refractivity (Wildman–Crippen MR) is 41.4 cm³/mol. The minimum absolute atomic E-state index is 0.274. The molecule has 0 saturated carbocycles. The number of fused-ring (bicyclic) bond motifs is 1. The predicted octanol–water partition coefficient (Wildman–Crippen LogP) is -0.667. The molecule has 2 rings (SSSR count). The van der Waals surface area contributed by atoms with Gasteiger partial charge in [-0.05, 0) is 18.9 Å². The maximum absolute atomic E-state index is 11.0. The third-order valence-corrected chi connectivity index (χ3v) is 1.92. The van der Waals surface area contributed by atoms with Crippen LogP contribution in [-0.2, 0) is 7.05 Å². The Labute approximate surface area is 63.3 Å². The van der Waals surface area contributed by atoms with Gasteiger partial charge in [0.2, 0.25) is 0 Å². The highest BCUT2D eigenvalue weighted by molar-refractivity contribution is 5.31. The number of nitrogens with zero attached hydrogens (tertiary/aromatic N) is 1. The summed E-state index contributed by atoms with van der Waals surface area (Å²) in [5, 5.41) is 0.918. The Kier molecular flexibility index (Phi) is 1.24. The van der Waals surface area contributed by atoms with Gasteiger partial charge in [0.05, 0.1) is 5.35 Å². The Morgan fingerprint density at radius 3 is 2.91 bits per heavy atom. The van der Waals surface area contributed by atoms with Crippen LogP contribution in [0, 0.1) is 0 Å². The van der Waals surface area contributed by atoms with Gasteiger partial charge < -0.3 is 4.42 Å². The second kappa shape index (κ2) is 2.12. The van der Waals surface area contributed by atoms with Crippen molar-refractivity contribution in [3.63, 3.8) is 0 Å². The van der Waals surface area contributed by atoms with E-state index in [1.807, 2.05) is 12.2 Å². The maximum atomic E-state index is 11.0. The monoisotopic (exact) mass is 151 g/mol. The van der Waals surface area contributed by atoms with Crippen LogP contribution >= 0.6 is 0 Å². The van der Waals surface area contributed by atoms with Crippen molar-refractivity contribution in [2.75, 3.05) is 0 Å². The van der Waals surface area contributed by atoms with Crippen molar-refractivity contribution >= 4 is 12.2 Å². The first-order valence-corrected chi connectivity index (χ1v) is 3.65. The van der Waals surface area contributed by atoms with Gasteiger partial charge in [0, 0.05) is 7.05 Å². The molecule has 3 heteroatoms. The summed E-state index contributed by atoms with van der Waals surface area (Å²) >= 11 is 0. The average molecular weight is 151 g/mol. The highest BCUT2D eigenvalue weighted by Gasteiger charge is 2.02. The summed E-state index contributed by atoms with van der Waals surface area (Å²) in [6, 6.07) is 0. The van der Waals surface area contributed by atoms with Crippen LogP contribution in [0.4, 0.5) is 0 Å². The highest BCUT2D eigenvalue weighted by Crippen LogP contribution is 1.92. The molecule has 0 atom stereocenters. The van der Waals surface area contributed by atoms with Crippen molar-refractivity contribution < 1.29 is 4.42 Å². The third kappa shape index (κ3) is 0.843. The van der Waals surface area contributed by atoms with E-state index in [1.165, 1.54) is 4.57 Å². The van der Waals surface area contributed by atoms with Crippen molar-refractivity contribution in [1.82, 2.24) is 4.57 Å². The molecule has 0 spiro atoms. The van der Waals surface area contributed by atoms with Crippen LogP contribution in [0.2, 0.25) is 0 Å². The fourth-order valence-corrected chi connectivity index (χ4v) is 1.30.